The molecule has 164 valence electrons. The fraction of sp³-hybridized carbons (Fsp3) is 0.864. The maximum atomic E-state index is 11.1. The van der Waals surface area contributed by atoms with Gasteiger partial charge in [-0.2, -0.15) is 0 Å². The molecular formula is C22H46O5. The predicted octanol–water partition coefficient (Wildman–Crippen LogP) is 5.04. The molecule has 0 fully saturated rings. The van der Waals surface area contributed by atoms with Gasteiger partial charge in [0.05, 0.1) is 19.8 Å². The summed E-state index contributed by atoms with van der Waals surface area (Å²) < 4.78 is 9.87. The molecule has 5 heteroatoms. The second-order valence-corrected chi connectivity index (χ2v) is 6.33. The van der Waals surface area contributed by atoms with E-state index in [1.807, 2.05) is 13.8 Å². The van der Waals surface area contributed by atoms with Crippen molar-refractivity contribution in [1.29, 1.82) is 0 Å². The van der Waals surface area contributed by atoms with Gasteiger partial charge in [0, 0.05) is 18.8 Å². The topological polar surface area (TPSA) is 76.0 Å². The third-order valence-corrected chi connectivity index (χ3v) is 3.59. The van der Waals surface area contributed by atoms with Gasteiger partial charge in [-0.1, -0.05) is 71.3 Å². The highest BCUT2D eigenvalue weighted by Crippen LogP contribution is 2.10. The molecule has 0 unspecified atom stereocenters. The SMILES string of the molecule is C=C(C)C(=O)OCCCCCCCCCCCC.CCOCC.OCCO. The first-order valence-electron chi connectivity index (χ1n) is 10.6. The van der Waals surface area contributed by atoms with E-state index in [2.05, 4.69) is 13.5 Å². The van der Waals surface area contributed by atoms with Crippen LogP contribution in [0.1, 0.15) is 91.9 Å². The third-order valence-electron chi connectivity index (χ3n) is 3.59. The first-order chi connectivity index (χ1) is 13.0. The van der Waals surface area contributed by atoms with Gasteiger partial charge < -0.3 is 19.7 Å². The van der Waals surface area contributed by atoms with Crippen LogP contribution in [0.5, 0.6) is 0 Å². The van der Waals surface area contributed by atoms with Crippen molar-refractivity contribution >= 4 is 5.97 Å². The quantitative estimate of drug-likeness (QED) is 0.233. The van der Waals surface area contributed by atoms with Crippen molar-refractivity contribution in [3.8, 4) is 0 Å². The molecule has 0 radical (unpaired) electrons. The van der Waals surface area contributed by atoms with E-state index in [9.17, 15) is 4.79 Å². The number of carbonyl (C=O) groups excluding carboxylic acids is 1. The molecule has 0 spiro atoms. The summed E-state index contributed by atoms with van der Waals surface area (Å²) in [7, 11) is 0. The van der Waals surface area contributed by atoms with Crippen LogP contribution in [0.2, 0.25) is 0 Å². The molecule has 0 heterocycles. The second-order valence-electron chi connectivity index (χ2n) is 6.33. The zero-order chi connectivity index (χ0) is 21.2. The van der Waals surface area contributed by atoms with E-state index in [-0.39, 0.29) is 19.2 Å². The molecule has 0 aliphatic carbocycles. The fourth-order valence-corrected chi connectivity index (χ4v) is 2.08. The van der Waals surface area contributed by atoms with Crippen molar-refractivity contribution in [1.82, 2.24) is 0 Å². The Labute approximate surface area is 168 Å². The molecule has 2 N–H and O–H groups in total. The molecule has 5 nitrogen and oxygen atoms in total. The summed E-state index contributed by atoms with van der Waals surface area (Å²) in [6, 6.07) is 0. The van der Waals surface area contributed by atoms with Gasteiger partial charge in [0.1, 0.15) is 0 Å². The minimum absolute atomic E-state index is 0.125. The first-order valence-corrected chi connectivity index (χ1v) is 10.6. The normalized spacial score (nSPS) is 9.56. The van der Waals surface area contributed by atoms with Crippen LogP contribution < -0.4 is 0 Å². The number of aliphatic hydroxyl groups is 2. The van der Waals surface area contributed by atoms with Crippen LogP contribution in [0, 0.1) is 0 Å². The van der Waals surface area contributed by atoms with E-state index < -0.39 is 0 Å². The number of ether oxygens (including phenoxy) is 2. The molecule has 0 aromatic carbocycles. The van der Waals surface area contributed by atoms with E-state index in [4.69, 9.17) is 19.7 Å². The Morgan fingerprint density at radius 2 is 1.19 bits per heavy atom. The molecule has 0 aromatic heterocycles. The average Bonchev–Trinajstić information content (AvgIpc) is 2.67. The molecule has 27 heavy (non-hydrogen) atoms. The van der Waals surface area contributed by atoms with Crippen LogP contribution in [0.25, 0.3) is 0 Å². The van der Waals surface area contributed by atoms with Crippen molar-refractivity contribution < 1.29 is 24.5 Å². The zero-order valence-electron chi connectivity index (χ0n) is 18.4. The van der Waals surface area contributed by atoms with Gasteiger partial charge in [0.25, 0.3) is 0 Å². The monoisotopic (exact) mass is 390 g/mol. The van der Waals surface area contributed by atoms with Crippen molar-refractivity contribution in [3.05, 3.63) is 12.2 Å². The molecule has 0 aliphatic rings. The van der Waals surface area contributed by atoms with Crippen LogP contribution in [0.4, 0.5) is 0 Å². The summed E-state index contributed by atoms with van der Waals surface area (Å²) in [5.41, 5.74) is 0.488. The first kappa shape index (κ1) is 30.8. The Balaban J connectivity index is -0.000000528. The van der Waals surface area contributed by atoms with Crippen LogP contribution >= 0.6 is 0 Å². The molecule has 0 saturated heterocycles. The highest BCUT2D eigenvalue weighted by Gasteiger charge is 2.01. The fourth-order valence-electron chi connectivity index (χ4n) is 2.08. The van der Waals surface area contributed by atoms with Crippen molar-refractivity contribution in [2.24, 2.45) is 0 Å². The number of aliphatic hydroxyl groups excluding tert-OH is 2. The third kappa shape index (κ3) is 36.7. The Hall–Kier alpha value is -0.910. The maximum Gasteiger partial charge on any atom is 0.333 e. The molecule has 0 saturated carbocycles. The van der Waals surface area contributed by atoms with Gasteiger partial charge >= 0.3 is 5.97 Å². The number of carbonyl (C=O) groups is 1. The molecule has 0 aliphatic heterocycles. The largest absolute Gasteiger partial charge is 0.462 e. The van der Waals surface area contributed by atoms with Crippen molar-refractivity contribution in [2.75, 3.05) is 33.0 Å². The van der Waals surface area contributed by atoms with Crippen LogP contribution in [-0.4, -0.2) is 49.2 Å². The van der Waals surface area contributed by atoms with Gasteiger partial charge in [-0.3, -0.25) is 0 Å². The Morgan fingerprint density at radius 3 is 1.48 bits per heavy atom. The van der Waals surface area contributed by atoms with Crippen LogP contribution in [-0.2, 0) is 14.3 Å². The van der Waals surface area contributed by atoms with E-state index in [1.165, 1.54) is 57.8 Å². The average molecular weight is 391 g/mol. The lowest BCUT2D eigenvalue weighted by molar-refractivity contribution is -0.139. The number of rotatable bonds is 15. The number of unbranched alkanes of at least 4 members (excludes halogenated alkanes) is 9. The summed E-state index contributed by atoms with van der Waals surface area (Å²) in [4.78, 5) is 11.1. The van der Waals surface area contributed by atoms with Gasteiger partial charge in [0.15, 0.2) is 0 Å². The lowest BCUT2D eigenvalue weighted by atomic mass is 10.1. The summed E-state index contributed by atoms with van der Waals surface area (Å²) in [6.07, 6.45) is 13.0. The summed E-state index contributed by atoms with van der Waals surface area (Å²) in [6.45, 7) is 13.4. The highest BCUT2D eigenvalue weighted by molar-refractivity contribution is 5.86. The minimum atomic E-state index is -0.258. The molecular weight excluding hydrogens is 344 g/mol. The van der Waals surface area contributed by atoms with Gasteiger partial charge in [-0.25, -0.2) is 4.79 Å². The number of hydrogen-bond donors (Lipinski definition) is 2. The lowest BCUT2D eigenvalue weighted by Crippen LogP contribution is -2.05. The standard InChI is InChI=1S/C16H30O2.C4H10O.C2H6O2/c1-4-5-6-7-8-9-10-11-12-13-14-18-16(17)15(2)3;1-3-5-4-2;3-1-2-4/h2,4-14H2,1,3H3;3-4H2,1-2H3;3-4H,1-2H2. The molecule has 0 bridgehead atoms. The van der Waals surface area contributed by atoms with Crippen molar-refractivity contribution in [2.45, 2.75) is 91.9 Å². The van der Waals surface area contributed by atoms with Crippen molar-refractivity contribution in [3.63, 3.8) is 0 Å². The van der Waals surface area contributed by atoms with E-state index >= 15 is 0 Å². The molecule has 0 aromatic rings. The Morgan fingerprint density at radius 1 is 0.778 bits per heavy atom. The Bertz CT molecular complexity index is 288. The molecule has 0 rings (SSSR count). The van der Waals surface area contributed by atoms with E-state index in [0.29, 0.717) is 12.2 Å². The smallest absolute Gasteiger partial charge is 0.333 e. The second kappa shape index (κ2) is 29.8. The predicted molar refractivity (Wildman–Crippen MR) is 114 cm³/mol. The van der Waals surface area contributed by atoms with Gasteiger partial charge in [0.2, 0.25) is 0 Å². The lowest BCUT2D eigenvalue weighted by Gasteiger charge is -2.04. The number of esters is 1. The van der Waals surface area contributed by atoms with Gasteiger partial charge in [-0.05, 0) is 27.2 Å². The Kier molecular flexibility index (Phi) is 34.0. The maximum absolute atomic E-state index is 11.1. The molecule has 0 atom stereocenters. The van der Waals surface area contributed by atoms with E-state index in [0.717, 1.165) is 19.6 Å². The van der Waals surface area contributed by atoms with Gasteiger partial charge in [-0.15, -0.1) is 0 Å². The number of hydrogen-bond acceptors (Lipinski definition) is 5. The summed E-state index contributed by atoms with van der Waals surface area (Å²) in [5, 5.41) is 15.2. The van der Waals surface area contributed by atoms with Crippen LogP contribution in [0.3, 0.4) is 0 Å². The molecule has 0 amide bonds. The minimum Gasteiger partial charge on any atom is -0.462 e. The highest BCUT2D eigenvalue weighted by atomic mass is 16.5. The zero-order valence-corrected chi connectivity index (χ0v) is 18.4. The summed E-state index contributed by atoms with van der Waals surface area (Å²) >= 11 is 0. The summed E-state index contributed by atoms with van der Waals surface area (Å²) in [5.74, 6) is -0.258. The van der Waals surface area contributed by atoms with E-state index in [1.54, 1.807) is 6.92 Å². The van der Waals surface area contributed by atoms with Crippen LogP contribution in [0.15, 0.2) is 12.2 Å².